The van der Waals surface area contributed by atoms with Gasteiger partial charge < -0.3 is 5.73 Å². The Morgan fingerprint density at radius 3 is 2.65 bits per heavy atom. The van der Waals surface area contributed by atoms with Gasteiger partial charge in [-0.1, -0.05) is 30.3 Å². The van der Waals surface area contributed by atoms with Crippen LogP contribution < -0.4 is 5.73 Å². The van der Waals surface area contributed by atoms with Gasteiger partial charge in [-0.05, 0) is 12.0 Å². The first-order valence-electron chi connectivity index (χ1n) is 5.79. The van der Waals surface area contributed by atoms with Gasteiger partial charge in [0.1, 0.15) is 0 Å². The molecule has 17 heavy (non-hydrogen) atoms. The zero-order chi connectivity index (χ0) is 12.3. The van der Waals surface area contributed by atoms with Crippen molar-refractivity contribution in [1.82, 2.24) is 4.90 Å². The predicted molar refractivity (Wildman–Crippen MR) is 64.1 cm³/mol. The van der Waals surface area contributed by atoms with Crippen LogP contribution in [0.4, 0.5) is 0 Å². The van der Waals surface area contributed by atoms with Crippen LogP contribution in [0.2, 0.25) is 0 Å². The normalized spacial score (nSPS) is 19.7. The number of amides is 2. The number of likely N-dealkylation sites (tertiary alicyclic amines) is 1. The second kappa shape index (κ2) is 5.10. The zero-order valence-electron chi connectivity index (χ0n) is 9.63. The highest BCUT2D eigenvalue weighted by Crippen LogP contribution is 2.12. The standard InChI is InChI=1S/C13H16N2O2/c14-11-8-13(17)15(9-11)12(16)7-6-10-4-2-1-3-5-10/h1-5,11H,6-9,14H2. The van der Waals surface area contributed by atoms with Gasteiger partial charge in [0.2, 0.25) is 11.8 Å². The molecule has 0 bridgehead atoms. The molecule has 1 atom stereocenters. The van der Waals surface area contributed by atoms with E-state index in [2.05, 4.69) is 0 Å². The summed E-state index contributed by atoms with van der Waals surface area (Å²) in [5, 5.41) is 0. The first-order valence-corrected chi connectivity index (χ1v) is 5.79. The highest BCUT2D eigenvalue weighted by molar-refractivity contribution is 5.97. The maximum atomic E-state index is 11.8. The molecule has 2 N–H and O–H groups in total. The minimum atomic E-state index is -0.192. The Hall–Kier alpha value is -1.68. The molecule has 0 aliphatic carbocycles. The van der Waals surface area contributed by atoms with Crippen molar-refractivity contribution < 1.29 is 9.59 Å². The fraction of sp³-hybridized carbons (Fsp3) is 0.385. The van der Waals surface area contributed by atoms with Crippen LogP contribution in [0.5, 0.6) is 0 Å². The van der Waals surface area contributed by atoms with Gasteiger partial charge in [-0.15, -0.1) is 0 Å². The Kier molecular flexibility index (Phi) is 3.54. The molecule has 0 spiro atoms. The Bertz CT molecular complexity index is 417. The highest BCUT2D eigenvalue weighted by Gasteiger charge is 2.31. The van der Waals surface area contributed by atoms with Gasteiger partial charge in [0, 0.05) is 25.4 Å². The molecule has 0 aromatic heterocycles. The number of carbonyl (C=O) groups is 2. The maximum absolute atomic E-state index is 11.8. The minimum Gasteiger partial charge on any atom is -0.326 e. The summed E-state index contributed by atoms with van der Waals surface area (Å²) in [6, 6.07) is 9.58. The van der Waals surface area contributed by atoms with E-state index < -0.39 is 0 Å². The predicted octanol–water partition coefficient (Wildman–Crippen LogP) is 0.705. The van der Waals surface area contributed by atoms with Gasteiger partial charge in [-0.2, -0.15) is 0 Å². The van der Waals surface area contributed by atoms with Crippen molar-refractivity contribution in [3.05, 3.63) is 35.9 Å². The van der Waals surface area contributed by atoms with Crippen LogP contribution in [-0.2, 0) is 16.0 Å². The van der Waals surface area contributed by atoms with Crippen LogP contribution in [0.15, 0.2) is 30.3 Å². The van der Waals surface area contributed by atoms with Crippen molar-refractivity contribution in [3.63, 3.8) is 0 Å². The fourth-order valence-electron chi connectivity index (χ4n) is 2.01. The molecule has 1 aliphatic heterocycles. The summed E-state index contributed by atoms with van der Waals surface area (Å²) >= 11 is 0. The van der Waals surface area contributed by atoms with Crippen molar-refractivity contribution in [1.29, 1.82) is 0 Å². The SMILES string of the molecule is NC1CC(=O)N(C(=O)CCc2ccccc2)C1. The lowest BCUT2D eigenvalue weighted by Gasteiger charge is -2.13. The molecule has 1 heterocycles. The monoisotopic (exact) mass is 232 g/mol. The summed E-state index contributed by atoms with van der Waals surface area (Å²) in [5.74, 6) is -0.262. The van der Waals surface area contributed by atoms with Gasteiger partial charge in [0.05, 0.1) is 0 Å². The van der Waals surface area contributed by atoms with Crippen LogP contribution in [0.25, 0.3) is 0 Å². The summed E-state index contributed by atoms with van der Waals surface area (Å²) < 4.78 is 0. The van der Waals surface area contributed by atoms with E-state index in [4.69, 9.17) is 5.73 Å². The number of imide groups is 1. The third-order valence-corrected chi connectivity index (χ3v) is 2.93. The molecular formula is C13H16N2O2. The summed E-state index contributed by atoms with van der Waals surface area (Å²) in [6.45, 7) is 0.368. The smallest absolute Gasteiger partial charge is 0.230 e. The van der Waals surface area contributed by atoms with Crippen LogP contribution >= 0.6 is 0 Å². The molecule has 1 fully saturated rings. The number of hydrogen-bond donors (Lipinski definition) is 1. The van der Waals surface area contributed by atoms with Gasteiger partial charge in [0.15, 0.2) is 0 Å². The third kappa shape index (κ3) is 2.91. The molecular weight excluding hydrogens is 216 g/mol. The average Bonchev–Trinajstić information content (AvgIpc) is 2.67. The quantitative estimate of drug-likeness (QED) is 0.834. The number of benzene rings is 1. The Labute approximate surface area is 100 Å². The van der Waals surface area contributed by atoms with Gasteiger partial charge >= 0.3 is 0 Å². The third-order valence-electron chi connectivity index (χ3n) is 2.93. The molecule has 1 unspecified atom stereocenters. The van der Waals surface area contributed by atoms with Crippen LogP contribution in [0, 0.1) is 0 Å². The molecule has 1 aliphatic rings. The van der Waals surface area contributed by atoms with E-state index in [1.165, 1.54) is 4.90 Å². The molecule has 1 aromatic rings. The maximum Gasteiger partial charge on any atom is 0.230 e. The lowest BCUT2D eigenvalue weighted by atomic mass is 10.1. The number of carbonyl (C=O) groups excluding carboxylic acids is 2. The second-order valence-electron chi connectivity index (χ2n) is 4.35. The van der Waals surface area contributed by atoms with Crippen LogP contribution in [-0.4, -0.2) is 29.3 Å². The van der Waals surface area contributed by atoms with E-state index in [0.717, 1.165) is 5.56 Å². The van der Waals surface area contributed by atoms with Crippen molar-refractivity contribution in [2.24, 2.45) is 5.73 Å². The summed E-state index contributed by atoms with van der Waals surface area (Å²) in [7, 11) is 0. The number of hydrogen-bond acceptors (Lipinski definition) is 3. The molecule has 0 radical (unpaired) electrons. The fourth-order valence-corrected chi connectivity index (χ4v) is 2.01. The average molecular weight is 232 g/mol. The number of nitrogens with zero attached hydrogens (tertiary/aromatic N) is 1. The molecule has 1 aromatic carbocycles. The number of aryl methyl sites for hydroxylation is 1. The Morgan fingerprint density at radius 1 is 1.35 bits per heavy atom. The van der Waals surface area contributed by atoms with Crippen molar-refractivity contribution in [2.45, 2.75) is 25.3 Å². The Morgan fingerprint density at radius 2 is 2.06 bits per heavy atom. The van der Waals surface area contributed by atoms with E-state index in [0.29, 0.717) is 19.4 Å². The van der Waals surface area contributed by atoms with Gasteiger partial charge in [-0.25, -0.2) is 0 Å². The lowest BCUT2D eigenvalue weighted by Crippen LogP contribution is -2.34. The summed E-state index contributed by atoms with van der Waals surface area (Å²) in [6.07, 6.45) is 1.32. The first-order chi connectivity index (χ1) is 8.16. The lowest BCUT2D eigenvalue weighted by molar-refractivity contribution is -0.141. The summed E-state index contributed by atoms with van der Waals surface area (Å²) in [5.41, 5.74) is 6.75. The number of rotatable bonds is 3. The van der Waals surface area contributed by atoms with Crippen molar-refractivity contribution in [3.8, 4) is 0 Å². The van der Waals surface area contributed by atoms with Gasteiger partial charge in [0.25, 0.3) is 0 Å². The molecule has 2 amide bonds. The van der Waals surface area contributed by atoms with E-state index in [1.54, 1.807) is 0 Å². The van der Waals surface area contributed by atoms with Crippen molar-refractivity contribution >= 4 is 11.8 Å². The van der Waals surface area contributed by atoms with E-state index in [1.807, 2.05) is 30.3 Å². The second-order valence-corrected chi connectivity index (χ2v) is 4.35. The molecule has 2 rings (SSSR count). The minimum absolute atomic E-state index is 0.119. The molecule has 4 nitrogen and oxygen atoms in total. The van der Waals surface area contributed by atoms with Crippen LogP contribution in [0.1, 0.15) is 18.4 Å². The van der Waals surface area contributed by atoms with E-state index in [-0.39, 0.29) is 24.3 Å². The molecule has 1 saturated heterocycles. The zero-order valence-corrected chi connectivity index (χ0v) is 9.63. The molecule has 4 heteroatoms. The Balaban J connectivity index is 1.88. The van der Waals surface area contributed by atoms with Crippen molar-refractivity contribution in [2.75, 3.05) is 6.54 Å². The van der Waals surface area contributed by atoms with E-state index in [9.17, 15) is 9.59 Å². The molecule has 0 saturated carbocycles. The topological polar surface area (TPSA) is 63.4 Å². The highest BCUT2D eigenvalue weighted by atomic mass is 16.2. The van der Waals surface area contributed by atoms with Crippen LogP contribution in [0.3, 0.4) is 0 Å². The van der Waals surface area contributed by atoms with Gasteiger partial charge in [-0.3, -0.25) is 14.5 Å². The molecule has 90 valence electrons. The number of nitrogens with two attached hydrogens (primary N) is 1. The van der Waals surface area contributed by atoms with E-state index >= 15 is 0 Å². The summed E-state index contributed by atoms with van der Waals surface area (Å²) in [4.78, 5) is 24.6. The largest absolute Gasteiger partial charge is 0.326 e. The first kappa shape index (κ1) is 11.8.